The van der Waals surface area contributed by atoms with E-state index in [1.54, 1.807) is 11.0 Å². The molecule has 6 heteroatoms. The van der Waals surface area contributed by atoms with Gasteiger partial charge in [-0.1, -0.05) is 84.9 Å². The van der Waals surface area contributed by atoms with Crippen molar-refractivity contribution in [3.63, 3.8) is 0 Å². The Labute approximate surface area is 251 Å². The number of fused-ring (bicyclic) bond motifs is 3. The first kappa shape index (κ1) is 28.4. The van der Waals surface area contributed by atoms with Crippen LogP contribution < -0.4 is 0 Å². The van der Waals surface area contributed by atoms with Crippen molar-refractivity contribution in [3.05, 3.63) is 75.3 Å². The highest BCUT2D eigenvalue weighted by atomic mass is 79.9. The summed E-state index contributed by atoms with van der Waals surface area (Å²) in [7, 11) is 0. The van der Waals surface area contributed by atoms with Gasteiger partial charge in [0, 0.05) is 22.0 Å². The van der Waals surface area contributed by atoms with Gasteiger partial charge in [-0.25, -0.2) is 0 Å². The number of phenolic OH excluding ortho intramolecular Hbond substituents is 1. The number of rotatable bonds is 7. The lowest BCUT2D eigenvalue weighted by Gasteiger charge is -2.33. The average Bonchev–Trinajstić information content (AvgIpc) is 3.51. The number of likely N-dealkylation sites (tertiary alicyclic amines) is 1. The van der Waals surface area contributed by atoms with Crippen molar-refractivity contribution in [2.24, 2.45) is 23.7 Å². The first-order chi connectivity index (χ1) is 19.8. The van der Waals surface area contributed by atoms with E-state index in [1.165, 1.54) is 17.6 Å². The molecule has 2 saturated heterocycles. The highest BCUT2D eigenvalue weighted by Crippen LogP contribution is 2.52. The summed E-state index contributed by atoms with van der Waals surface area (Å²) in [5.74, 6) is 0.124. The van der Waals surface area contributed by atoms with E-state index in [1.807, 2.05) is 30.3 Å². The van der Waals surface area contributed by atoms with Crippen LogP contribution in [0.25, 0.3) is 11.6 Å². The molecule has 2 aromatic rings. The number of ether oxygens (including phenoxy) is 1. The number of allylic oxidation sites excluding steroid dienone is 2. The molecule has 4 aliphatic rings. The number of amides is 2. The van der Waals surface area contributed by atoms with Gasteiger partial charge in [0.2, 0.25) is 11.8 Å². The van der Waals surface area contributed by atoms with E-state index in [0.29, 0.717) is 18.9 Å². The number of nitrogens with zero attached hydrogens (tertiary/aromatic N) is 1. The molecule has 2 heterocycles. The summed E-state index contributed by atoms with van der Waals surface area (Å²) in [6.07, 6.45) is 9.49. The van der Waals surface area contributed by atoms with E-state index in [2.05, 4.69) is 48.0 Å². The molecule has 3 fully saturated rings. The van der Waals surface area contributed by atoms with Gasteiger partial charge in [-0.3, -0.25) is 14.5 Å². The van der Waals surface area contributed by atoms with Gasteiger partial charge in [-0.2, -0.15) is 0 Å². The normalized spacial score (nSPS) is 27.1. The van der Waals surface area contributed by atoms with Crippen molar-refractivity contribution in [2.75, 3.05) is 6.61 Å². The van der Waals surface area contributed by atoms with Crippen LogP contribution in [-0.2, 0) is 14.3 Å². The lowest BCUT2D eigenvalue weighted by Crippen LogP contribution is -2.42. The Morgan fingerprint density at radius 1 is 1.05 bits per heavy atom. The van der Waals surface area contributed by atoms with E-state index in [9.17, 15) is 14.7 Å². The van der Waals surface area contributed by atoms with Crippen LogP contribution in [0.3, 0.4) is 0 Å². The van der Waals surface area contributed by atoms with Crippen molar-refractivity contribution in [3.8, 4) is 5.75 Å². The second-order valence-electron chi connectivity index (χ2n) is 12.5. The lowest BCUT2D eigenvalue weighted by atomic mass is 9.67. The molecule has 0 unspecified atom stereocenters. The largest absolute Gasteiger partial charge is 0.507 e. The van der Waals surface area contributed by atoms with Gasteiger partial charge in [0.25, 0.3) is 0 Å². The monoisotopic (exact) mass is 617 g/mol. The van der Waals surface area contributed by atoms with Crippen molar-refractivity contribution in [1.29, 1.82) is 0 Å². The van der Waals surface area contributed by atoms with Gasteiger partial charge in [-0.15, -0.1) is 0 Å². The molecule has 4 atom stereocenters. The number of carbonyl (C=O) groups excluding carboxylic acids is 2. The Kier molecular flexibility index (Phi) is 8.24. The smallest absolute Gasteiger partial charge is 0.234 e. The van der Waals surface area contributed by atoms with Crippen LogP contribution in [0.2, 0.25) is 0 Å². The van der Waals surface area contributed by atoms with Gasteiger partial charge in [-0.05, 0) is 79.0 Å². The second-order valence-corrected chi connectivity index (χ2v) is 13.4. The fourth-order valence-electron chi connectivity index (χ4n) is 7.75. The zero-order valence-electron chi connectivity index (χ0n) is 24.0. The number of hydrogen-bond acceptors (Lipinski definition) is 4. The minimum absolute atomic E-state index is 0.0144. The van der Waals surface area contributed by atoms with E-state index in [4.69, 9.17) is 4.74 Å². The maximum Gasteiger partial charge on any atom is 0.234 e. The number of aromatic hydroxyl groups is 1. The number of benzene rings is 2. The van der Waals surface area contributed by atoms with Gasteiger partial charge in [0.05, 0.1) is 24.5 Å². The Bertz CT molecular complexity index is 1370. The van der Waals surface area contributed by atoms with Crippen LogP contribution in [0.1, 0.15) is 76.3 Å². The van der Waals surface area contributed by atoms with Crippen molar-refractivity contribution in [2.45, 2.75) is 77.4 Å². The molecule has 1 saturated carbocycles. The van der Waals surface area contributed by atoms with Gasteiger partial charge >= 0.3 is 0 Å². The molecule has 0 spiro atoms. The molecular weight excluding hydrogens is 578 g/mol. The number of imide groups is 1. The van der Waals surface area contributed by atoms with Gasteiger partial charge < -0.3 is 9.84 Å². The van der Waals surface area contributed by atoms with Crippen LogP contribution >= 0.6 is 15.9 Å². The highest BCUT2D eigenvalue weighted by Gasteiger charge is 2.58. The van der Waals surface area contributed by atoms with Crippen molar-refractivity contribution in [1.82, 2.24) is 4.90 Å². The maximum atomic E-state index is 13.9. The zero-order valence-corrected chi connectivity index (χ0v) is 25.6. The van der Waals surface area contributed by atoms with Crippen LogP contribution in [0.5, 0.6) is 5.75 Å². The third kappa shape index (κ3) is 5.46. The molecule has 2 aliphatic heterocycles. The molecule has 0 aromatic heterocycles. The average molecular weight is 619 g/mol. The van der Waals surface area contributed by atoms with Gasteiger partial charge in [0.15, 0.2) is 0 Å². The molecule has 2 amide bonds. The number of carbonyl (C=O) groups is 2. The predicted octanol–water partition coefficient (Wildman–Crippen LogP) is 7.78. The molecule has 2 aromatic carbocycles. The topological polar surface area (TPSA) is 66.8 Å². The molecule has 0 radical (unpaired) electrons. The minimum atomic E-state index is -0.283. The molecule has 2 aliphatic carbocycles. The Hall–Kier alpha value is -2.70. The van der Waals surface area contributed by atoms with Crippen LogP contribution in [0.15, 0.2) is 64.1 Å². The molecule has 5 nitrogen and oxygen atoms in total. The zero-order chi connectivity index (χ0) is 28.7. The third-order valence-electron chi connectivity index (χ3n) is 9.75. The summed E-state index contributed by atoms with van der Waals surface area (Å²) in [6, 6.07) is 15.8. The SMILES string of the molecule is CC(C)C1=C2[C@@H](CC/C(=C/c3cc(Br)ccc3O)c3ccccc3)OC[C@@H]2[C@@H]2C(=O)N(C3CCCCC3)C(=O)[C@@H]2C1. The summed E-state index contributed by atoms with van der Waals surface area (Å²) in [5, 5.41) is 10.5. The van der Waals surface area contributed by atoms with E-state index in [0.717, 1.165) is 59.7 Å². The predicted molar refractivity (Wildman–Crippen MR) is 165 cm³/mol. The second kappa shape index (κ2) is 11.9. The molecule has 0 bridgehead atoms. The Morgan fingerprint density at radius 2 is 1.80 bits per heavy atom. The standard InChI is InChI=1S/C35H40BrNO4/c1-21(2)27-19-28-33(35(40)37(34(28)39)26-11-7-4-8-12-26)29-20-41-31(32(27)29)16-13-23(22-9-5-3-6-10-22)17-24-18-25(36)14-15-30(24)38/h3,5-6,9-10,14-15,17-18,21,26,28-29,31,33,38H,4,7-8,11-13,16,19-20H2,1-2H3/b23-17-/t28-,29+,31-,33-/m1/s1. The van der Waals surface area contributed by atoms with Gasteiger partial charge in [0.1, 0.15) is 5.75 Å². The van der Waals surface area contributed by atoms with E-state index in [-0.39, 0.29) is 47.5 Å². The summed E-state index contributed by atoms with van der Waals surface area (Å²) in [5.41, 5.74) is 5.61. The summed E-state index contributed by atoms with van der Waals surface area (Å²) < 4.78 is 7.42. The van der Waals surface area contributed by atoms with Crippen LogP contribution in [0.4, 0.5) is 0 Å². The summed E-state index contributed by atoms with van der Waals surface area (Å²) in [6.45, 7) is 4.92. The Morgan fingerprint density at radius 3 is 2.54 bits per heavy atom. The van der Waals surface area contributed by atoms with Crippen LogP contribution in [-0.4, -0.2) is 40.6 Å². The Balaban J connectivity index is 1.28. The maximum absolute atomic E-state index is 13.9. The fourth-order valence-corrected chi connectivity index (χ4v) is 8.13. The fraction of sp³-hybridized carbons (Fsp3) is 0.486. The van der Waals surface area contributed by atoms with Crippen molar-refractivity contribution >= 4 is 39.4 Å². The first-order valence-corrected chi connectivity index (χ1v) is 16.1. The van der Waals surface area contributed by atoms with Crippen molar-refractivity contribution < 1.29 is 19.4 Å². The first-order valence-electron chi connectivity index (χ1n) is 15.3. The molecule has 41 heavy (non-hydrogen) atoms. The molecule has 216 valence electrons. The number of hydrogen-bond donors (Lipinski definition) is 1. The third-order valence-corrected chi connectivity index (χ3v) is 10.2. The van der Waals surface area contributed by atoms with Crippen LogP contribution in [0, 0.1) is 23.7 Å². The lowest BCUT2D eigenvalue weighted by molar-refractivity contribution is -0.143. The van der Waals surface area contributed by atoms with E-state index >= 15 is 0 Å². The minimum Gasteiger partial charge on any atom is -0.507 e. The molecule has 1 N–H and O–H groups in total. The number of phenols is 1. The summed E-state index contributed by atoms with van der Waals surface area (Å²) >= 11 is 3.53. The molecule has 6 rings (SSSR count). The van der Waals surface area contributed by atoms with E-state index < -0.39 is 0 Å². The number of halogens is 1. The molecular formula is C35H40BrNO4. The quantitative estimate of drug-likeness (QED) is 0.196. The highest BCUT2D eigenvalue weighted by molar-refractivity contribution is 9.10. The summed E-state index contributed by atoms with van der Waals surface area (Å²) in [4.78, 5) is 29.3.